The third-order valence-electron chi connectivity index (χ3n) is 0.734. The van der Waals surface area contributed by atoms with Gasteiger partial charge in [0.2, 0.25) is 0 Å². The Hall–Kier alpha value is -0.910. The molecule has 0 aromatic carbocycles. The first kappa shape index (κ1) is 11.1. The second-order valence-electron chi connectivity index (χ2n) is 1.58. The van der Waals surface area contributed by atoms with Crippen LogP contribution in [0, 0.1) is 6.61 Å². The predicted molar refractivity (Wildman–Crippen MR) is 30.9 cm³/mol. The molecule has 0 fully saturated rings. The van der Waals surface area contributed by atoms with Crippen LogP contribution in [-0.2, 0) is 4.74 Å². The summed E-state index contributed by atoms with van der Waals surface area (Å²) in [7, 11) is 0. The van der Waals surface area contributed by atoms with Crippen molar-refractivity contribution in [3.63, 3.8) is 0 Å². The Balaban J connectivity index is 4.39. The van der Waals surface area contributed by atoms with Gasteiger partial charge in [0.15, 0.2) is 0 Å². The van der Waals surface area contributed by atoms with Crippen molar-refractivity contribution in [2.24, 2.45) is 0 Å². The third kappa shape index (κ3) is 3.00. The van der Waals surface area contributed by atoms with Crippen LogP contribution in [0.25, 0.3) is 0 Å². The largest absolute Gasteiger partial charge is 0.415 e. The van der Waals surface area contributed by atoms with Gasteiger partial charge in [-0.3, -0.25) is 0 Å². The van der Waals surface area contributed by atoms with Crippen LogP contribution in [0.1, 0.15) is 0 Å². The lowest BCUT2D eigenvalue weighted by Crippen LogP contribution is -2.20. The summed E-state index contributed by atoms with van der Waals surface area (Å²) in [6.07, 6.45) is -6.98. The number of rotatable bonds is 4. The van der Waals surface area contributed by atoms with Gasteiger partial charge in [0, 0.05) is 0 Å². The van der Waals surface area contributed by atoms with Gasteiger partial charge in [-0.15, -0.1) is 6.58 Å². The molecule has 0 rings (SSSR count). The summed E-state index contributed by atoms with van der Waals surface area (Å²) in [6, 6.07) is 0. The Kier molecular flexibility index (Phi) is 3.88. The lowest BCUT2D eigenvalue weighted by molar-refractivity contribution is -0.198. The molecule has 0 spiro atoms. The van der Waals surface area contributed by atoms with E-state index in [1.54, 1.807) is 0 Å². The van der Waals surface area contributed by atoms with Gasteiger partial charge in [-0.05, 0) is 0 Å². The summed E-state index contributed by atoms with van der Waals surface area (Å²) in [6.45, 7) is 3.24. The second kappa shape index (κ2) is 4.20. The molecule has 0 aliphatic rings. The van der Waals surface area contributed by atoms with Crippen LogP contribution in [0.3, 0.4) is 0 Å². The van der Waals surface area contributed by atoms with Crippen LogP contribution in [0.2, 0.25) is 0 Å². The minimum atomic E-state index is -4.63. The van der Waals surface area contributed by atoms with Gasteiger partial charge in [-0.2, -0.15) is 22.0 Å². The number of hydrogen-bond acceptors (Lipinski definition) is 1. The van der Waals surface area contributed by atoms with E-state index in [0.29, 0.717) is 6.61 Å². The van der Waals surface area contributed by atoms with Gasteiger partial charge in [-0.1, -0.05) is 6.08 Å². The molecule has 0 unspecified atom stereocenters. The molecule has 1 nitrogen and oxygen atoms in total. The van der Waals surface area contributed by atoms with E-state index < -0.39 is 18.0 Å². The van der Waals surface area contributed by atoms with Crippen molar-refractivity contribution in [3.8, 4) is 0 Å². The summed E-state index contributed by atoms with van der Waals surface area (Å²) in [4.78, 5) is 0. The Morgan fingerprint density at radius 1 is 1.25 bits per heavy atom. The Labute approximate surface area is 65.1 Å². The molecule has 0 N–H and O–H groups in total. The van der Waals surface area contributed by atoms with Crippen molar-refractivity contribution in [1.29, 1.82) is 0 Å². The van der Waals surface area contributed by atoms with Crippen molar-refractivity contribution >= 4 is 0 Å². The van der Waals surface area contributed by atoms with Gasteiger partial charge < -0.3 is 4.74 Å². The van der Waals surface area contributed by atoms with E-state index in [0.717, 1.165) is 6.08 Å². The molecule has 0 aromatic heterocycles. The SMILES string of the molecule is C=C[CH]OC(F)(F)C(F)=C(F)F. The predicted octanol–water partition coefficient (Wildman–Crippen LogP) is 3.02. The summed E-state index contributed by atoms with van der Waals surface area (Å²) in [5, 5.41) is 0. The van der Waals surface area contributed by atoms with Gasteiger partial charge in [-0.25, -0.2) is 0 Å². The zero-order chi connectivity index (χ0) is 9.78. The monoisotopic (exact) mass is 187 g/mol. The molecule has 1 radical (unpaired) electrons. The summed E-state index contributed by atoms with van der Waals surface area (Å²) in [5.41, 5.74) is 0. The highest BCUT2D eigenvalue weighted by Crippen LogP contribution is 2.30. The van der Waals surface area contributed by atoms with Crippen molar-refractivity contribution < 1.29 is 26.7 Å². The minimum Gasteiger partial charge on any atom is -0.304 e. The second-order valence-corrected chi connectivity index (χ2v) is 1.58. The molecule has 0 saturated carbocycles. The fourth-order valence-electron chi connectivity index (χ4n) is 0.295. The molecule has 0 aromatic rings. The van der Waals surface area contributed by atoms with Crippen LogP contribution in [0.5, 0.6) is 0 Å². The van der Waals surface area contributed by atoms with Crippen molar-refractivity contribution in [1.82, 2.24) is 0 Å². The van der Waals surface area contributed by atoms with Gasteiger partial charge >= 0.3 is 12.2 Å². The molecular weight excluding hydrogens is 183 g/mol. The fraction of sp³-hybridized carbons (Fsp3) is 0.167. The van der Waals surface area contributed by atoms with Crippen molar-refractivity contribution in [2.45, 2.75) is 6.11 Å². The molecule has 0 saturated heterocycles. The van der Waals surface area contributed by atoms with E-state index in [1.807, 2.05) is 0 Å². The zero-order valence-electron chi connectivity index (χ0n) is 5.66. The summed E-state index contributed by atoms with van der Waals surface area (Å²) in [5.74, 6) is -2.90. The highest BCUT2D eigenvalue weighted by atomic mass is 19.3. The maximum Gasteiger partial charge on any atom is 0.415 e. The van der Waals surface area contributed by atoms with E-state index in [9.17, 15) is 22.0 Å². The first-order valence-electron chi connectivity index (χ1n) is 2.63. The van der Waals surface area contributed by atoms with Crippen LogP contribution in [0.4, 0.5) is 22.0 Å². The highest BCUT2D eigenvalue weighted by molar-refractivity contribution is 5.00. The number of ether oxygens (including phenoxy) is 1. The van der Waals surface area contributed by atoms with Crippen LogP contribution in [0.15, 0.2) is 24.6 Å². The molecule has 0 bridgehead atoms. The maximum atomic E-state index is 12.0. The smallest absolute Gasteiger partial charge is 0.304 e. The Bertz CT molecular complexity index is 194. The van der Waals surface area contributed by atoms with Gasteiger partial charge in [0.1, 0.15) is 6.61 Å². The molecule has 12 heavy (non-hydrogen) atoms. The first-order chi connectivity index (χ1) is 5.41. The number of hydrogen-bond donors (Lipinski definition) is 0. The molecule has 0 aliphatic heterocycles. The summed E-state index contributed by atoms with van der Waals surface area (Å²) < 4.78 is 61.7. The van der Waals surface area contributed by atoms with E-state index in [-0.39, 0.29) is 0 Å². The average molecular weight is 187 g/mol. The lowest BCUT2D eigenvalue weighted by atomic mass is 10.5. The first-order valence-corrected chi connectivity index (χ1v) is 2.63. The molecule has 0 heterocycles. The minimum absolute atomic E-state index is 0.308. The average Bonchev–Trinajstić information content (AvgIpc) is 1.99. The summed E-state index contributed by atoms with van der Waals surface area (Å²) >= 11 is 0. The van der Waals surface area contributed by atoms with Crippen molar-refractivity contribution in [2.75, 3.05) is 0 Å². The maximum absolute atomic E-state index is 12.0. The third-order valence-corrected chi connectivity index (χ3v) is 0.734. The van der Waals surface area contributed by atoms with Crippen LogP contribution >= 0.6 is 0 Å². The molecule has 6 heteroatoms. The quantitative estimate of drug-likeness (QED) is 0.614. The topological polar surface area (TPSA) is 9.23 Å². The highest BCUT2D eigenvalue weighted by Gasteiger charge is 2.40. The Morgan fingerprint density at radius 2 is 1.75 bits per heavy atom. The zero-order valence-corrected chi connectivity index (χ0v) is 5.66. The number of alkyl halides is 2. The van der Waals surface area contributed by atoms with Gasteiger partial charge in [0.05, 0.1) is 0 Å². The van der Waals surface area contributed by atoms with E-state index in [2.05, 4.69) is 11.3 Å². The normalized spacial score (nSPS) is 11.1. The molecule has 69 valence electrons. The number of halogens is 5. The molecule has 0 aliphatic carbocycles. The lowest BCUT2D eigenvalue weighted by Gasteiger charge is -2.11. The fourth-order valence-corrected chi connectivity index (χ4v) is 0.295. The van der Waals surface area contributed by atoms with E-state index >= 15 is 0 Å². The van der Waals surface area contributed by atoms with Crippen LogP contribution in [-0.4, -0.2) is 6.11 Å². The molecule has 0 amide bonds. The molecular formula is C6H4F5O. The molecule has 0 atom stereocenters. The van der Waals surface area contributed by atoms with E-state index in [1.165, 1.54) is 0 Å². The van der Waals surface area contributed by atoms with E-state index in [4.69, 9.17) is 0 Å². The Morgan fingerprint density at radius 3 is 2.08 bits per heavy atom. The standard InChI is InChI=1S/C6H4F5O/c1-2-3-12-6(10,11)4(7)5(8)9/h2-3H,1H2. The van der Waals surface area contributed by atoms with Gasteiger partial charge in [0.25, 0.3) is 5.83 Å². The van der Waals surface area contributed by atoms with Crippen molar-refractivity contribution in [3.05, 3.63) is 31.2 Å². The van der Waals surface area contributed by atoms with Crippen LogP contribution < -0.4 is 0 Å².